The van der Waals surface area contributed by atoms with Gasteiger partial charge < -0.3 is 0 Å². The molecule has 0 saturated carbocycles. The minimum absolute atomic E-state index is 0.582. The maximum Gasteiger partial charge on any atom is 0.127 e. The lowest BCUT2D eigenvalue weighted by Crippen LogP contribution is -2.65. The van der Waals surface area contributed by atoms with E-state index in [9.17, 15) is 0 Å². The van der Waals surface area contributed by atoms with Crippen molar-refractivity contribution in [3.05, 3.63) is 182 Å². The fraction of sp³-hybridized carbons (Fsp3) is 0.0526. The lowest BCUT2D eigenvalue weighted by Gasteiger charge is -2.39. The molecule has 0 bridgehead atoms. The maximum absolute atomic E-state index is 2.42. The van der Waals surface area contributed by atoms with Gasteiger partial charge in [-0.15, -0.1) is 0 Å². The van der Waals surface area contributed by atoms with E-state index >= 15 is 0 Å². The van der Waals surface area contributed by atoms with E-state index < -0.39 is 23.9 Å². The van der Waals surface area contributed by atoms with Crippen molar-refractivity contribution in [1.29, 1.82) is 0 Å². The zero-order chi connectivity index (χ0) is 27.7. The van der Waals surface area contributed by atoms with Crippen LogP contribution in [0.25, 0.3) is 0 Å². The van der Waals surface area contributed by atoms with Crippen LogP contribution < -0.4 is 31.6 Å². The monoisotopic (exact) mass is 580 g/mol. The summed E-state index contributed by atoms with van der Waals surface area (Å²) in [5.74, 6) is 2.34. The minimum Gasteiger partial charge on any atom is -0.0626 e. The Kier molecular flexibility index (Phi) is 8.99. The Morgan fingerprint density at radius 2 is 0.512 bits per heavy atom. The van der Waals surface area contributed by atoms with Crippen molar-refractivity contribution in [2.24, 2.45) is 0 Å². The number of rotatable bonds is 10. The second-order valence-corrected chi connectivity index (χ2v) is 20.0. The molecule has 0 aliphatic heterocycles. The summed E-state index contributed by atoms with van der Waals surface area (Å²) in [4.78, 5) is 0. The summed E-state index contributed by atoms with van der Waals surface area (Å²) in [6.45, 7) is 0. The number of hydrogen-bond acceptors (Lipinski definition) is 0. The van der Waals surface area contributed by atoms with Gasteiger partial charge in [0.05, 0.1) is 0 Å². The lowest BCUT2D eigenvalue weighted by atomic mass is 10.4. The molecule has 41 heavy (non-hydrogen) atoms. The molecule has 0 aliphatic carbocycles. The Balaban J connectivity index is 1.59. The average molecular weight is 581 g/mol. The smallest absolute Gasteiger partial charge is 0.0626 e. The van der Waals surface area contributed by atoms with Gasteiger partial charge in [-0.3, -0.25) is 0 Å². The third-order valence-electron chi connectivity index (χ3n) is 7.78. The Hall–Kier alpha value is -3.60. The van der Waals surface area contributed by atoms with E-state index in [1.54, 1.807) is 0 Å². The van der Waals surface area contributed by atoms with E-state index in [0.29, 0.717) is 0 Å². The summed E-state index contributed by atoms with van der Waals surface area (Å²) >= 11 is 0. The molecule has 0 heterocycles. The molecule has 0 nitrogen and oxygen atoms in total. The number of hydrogen-bond donors (Lipinski definition) is 0. The van der Waals surface area contributed by atoms with Gasteiger partial charge in [0.15, 0.2) is 0 Å². The molecule has 6 aromatic rings. The van der Waals surface area contributed by atoms with Crippen molar-refractivity contribution in [2.45, 2.75) is 0 Å². The van der Waals surface area contributed by atoms with Crippen molar-refractivity contribution < 1.29 is 0 Å². The van der Waals surface area contributed by atoms with Crippen molar-refractivity contribution in [3.63, 3.8) is 0 Å². The quantitative estimate of drug-likeness (QED) is 0.127. The Labute approximate surface area is 248 Å². The predicted octanol–water partition coefficient (Wildman–Crippen LogP) is 6.59. The van der Waals surface area contributed by atoms with Crippen LogP contribution in [0.1, 0.15) is 0 Å². The minimum atomic E-state index is -2.35. The molecule has 0 aromatic heterocycles. The maximum atomic E-state index is 2.42. The summed E-state index contributed by atoms with van der Waals surface area (Å²) in [7, 11) is -3.51. The highest BCUT2D eigenvalue weighted by Gasteiger charge is 2.42. The molecule has 0 atom stereocenters. The summed E-state index contributed by atoms with van der Waals surface area (Å²) in [6, 6.07) is 68.1. The highest BCUT2D eigenvalue weighted by atomic mass is 31.1. The topological polar surface area (TPSA) is 0 Å². The molecule has 6 rings (SSSR count). The molecule has 6 aromatic carbocycles. The summed E-state index contributed by atoms with van der Waals surface area (Å²) in [6.07, 6.45) is 0. The molecule has 0 radical (unpaired) electrons. The van der Waals surface area contributed by atoms with Gasteiger partial charge in [-0.05, 0) is 48.6 Å². The van der Waals surface area contributed by atoms with Crippen molar-refractivity contribution in [3.8, 4) is 0 Å². The highest BCUT2D eigenvalue weighted by Crippen LogP contribution is 2.42. The van der Waals surface area contributed by atoms with Crippen LogP contribution in [-0.2, 0) is 0 Å². The van der Waals surface area contributed by atoms with E-state index in [4.69, 9.17) is 0 Å². The van der Waals surface area contributed by atoms with Gasteiger partial charge in [0, 0.05) is 0 Å². The zero-order valence-electron chi connectivity index (χ0n) is 23.1. The predicted molar refractivity (Wildman–Crippen MR) is 186 cm³/mol. The lowest BCUT2D eigenvalue weighted by molar-refractivity contribution is 1.62. The first-order valence-corrected chi connectivity index (χ1v) is 19.7. The second-order valence-electron chi connectivity index (χ2n) is 10.3. The molecule has 0 aliphatic rings. The van der Waals surface area contributed by atoms with Gasteiger partial charge in [-0.1, -0.05) is 192 Å². The zero-order valence-corrected chi connectivity index (χ0v) is 25.9. The van der Waals surface area contributed by atoms with Gasteiger partial charge >= 0.3 is 0 Å². The van der Waals surface area contributed by atoms with Gasteiger partial charge in [0.1, 0.15) is 8.07 Å². The Bertz CT molecular complexity index is 1410. The van der Waals surface area contributed by atoms with E-state index in [1.807, 2.05) is 0 Å². The van der Waals surface area contributed by atoms with Gasteiger partial charge in [-0.25, -0.2) is 0 Å². The first-order valence-electron chi connectivity index (χ1n) is 14.2. The van der Waals surface area contributed by atoms with E-state index in [1.165, 1.54) is 43.2 Å². The third kappa shape index (κ3) is 6.34. The van der Waals surface area contributed by atoms with Crippen LogP contribution >= 0.6 is 15.8 Å². The molecular formula is C38H34P2Si. The van der Waals surface area contributed by atoms with E-state index in [-0.39, 0.29) is 0 Å². The van der Waals surface area contributed by atoms with E-state index in [0.717, 1.165) is 0 Å². The van der Waals surface area contributed by atoms with Crippen molar-refractivity contribution in [1.82, 2.24) is 0 Å². The summed E-state index contributed by atoms with van der Waals surface area (Å²) in [5.41, 5.74) is 0. The Morgan fingerprint density at radius 1 is 0.293 bits per heavy atom. The molecule has 0 amide bonds. The largest absolute Gasteiger partial charge is 0.127 e. The van der Waals surface area contributed by atoms with Crippen LogP contribution in [0.4, 0.5) is 0 Å². The standard InChI is InChI=1S/C38H34P2Si/c1-7-19-33(20-8-1)39(34-21-9-2-10-22-34)31-41(37-27-15-5-16-28-37,38-29-17-6-18-30-38)32-40(35-23-11-3-12-24-35)36-25-13-4-14-26-36/h1-30H,31-32H2. The van der Waals surface area contributed by atoms with Crippen LogP contribution in [0.3, 0.4) is 0 Å². The molecule has 3 heteroatoms. The van der Waals surface area contributed by atoms with Crippen LogP contribution in [0, 0.1) is 0 Å². The average Bonchev–Trinajstić information content (AvgIpc) is 3.07. The van der Waals surface area contributed by atoms with E-state index in [2.05, 4.69) is 182 Å². The molecule has 0 N–H and O–H groups in total. The van der Waals surface area contributed by atoms with Gasteiger partial charge in [0.25, 0.3) is 0 Å². The summed E-state index contributed by atoms with van der Waals surface area (Å²) < 4.78 is 0. The van der Waals surface area contributed by atoms with Crippen LogP contribution in [-0.4, -0.2) is 19.6 Å². The summed E-state index contributed by atoms with van der Waals surface area (Å²) in [5, 5.41) is 8.90. The first kappa shape index (κ1) is 27.6. The van der Waals surface area contributed by atoms with Crippen LogP contribution in [0.5, 0.6) is 0 Å². The molecule has 0 spiro atoms. The fourth-order valence-corrected chi connectivity index (χ4v) is 21.9. The van der Waals surface area contributed by atoms with Crippen LogP contribution in [0.2, 0.25) is 0 Å². The number of benzene rings is 6. The molecule has 200 valence electrons. The SMILES string of the molecule is c1ccc(P(C[Si](CP(c2ccccc2)c2ccccc2)(c2ccccc2)c2ccccc2)c2ccccc2)cc1. The second kappa shape index (κ2) is 13.4. The van der Waals surface area contributed by atoms with Crippen molar-refractivity contribution in [2.75, 3.05) is 11.6 Å². The highest BCUT2D eigenvalue weighted by molar-refractivity contribution is 7.79. The third-order valence-corrected chi connectivity index (χ3v) is 21.2. The Morgan fingerprint density at radius 3 is 0.756 bits per heavy atom. The van der Waals surface area contributed by atoms with Gasteiger partial charge in [0.2, 0.25) is 0 Å². The van der Waals surface area contributed by atoms with Crippen molar-refractivity contribution >= 4 is 55.5 Å². The fourth-order valence-electron chi connectivity index (χ4n) is 5.73. The van der Waals surface area contributed by atoms with Crippen LogP contribution in [0.15, 0.2) is 182 Å². The first-order chi connectivity index (χ1) is 20.3. The molecule has 0 unspecified atom stereocenters. The van der Waals surface area contributed by atoms with Gasteiger partial charge in [-0.2, -0.15) is 0 Å². The normalized spacial score (nSPS) is 11.6. The molecule has 0 saturated heterocycles. The molecular weight excluding hydrogens is 546 g/mol. The molecule has 0 fully saturated rings.